The van der Waals surface area contributed by atoms with Crippen molar-refractivity contribution in [2.75, 3.05) is 46.6 Å². The lowest BCUT2D eigenvalue weighted by atomic mass is 10.3. The second kappa shape index (κ2) is 16.3. The number of rotatable bonds is 12. The van der Waals surface area contributed by atoms with Crippen LogP contribution in [-0.4, -0.2) is 57.6 Å². The first-order valence-corrected chi connectivity index (χ1v) is 8.47. The topological polar surface area (TPSA) is 77.0 Å². The second-order valence-corrected chi connectivity index (χ2v) is 4.98. The van der Waals surface area contributed by atoms with E-state index >= 15 is 0 Å². The molecule has 0 radical (unpaired) electrons. The van der Waals surface area contributed by atoms with Gasteiger partial charge in [-0.05, 0) is 26.3 Å². The summed E-state index contributed by atoms with van der Waals surface area (Å²) in [7, 11) is 1.65. The smallest absolute Gasteiger partial charge is 0.218 e. The molecule has 1 aromatic rings. The Balaban J connectivity index is 0.00000576. The van der Waals surface area contributed by atoms with Crippen molar-refractivity contribution in [2.24, 2.45) is 4.99 Å². The number of guanidine groups is 1. The van der Waals surface area contributed by atoms with E-state index in [4.69, 9.17) is 14.2 Å². The predicted molar refractivity (Wildman–Crippen MR) is 111 cm³/mol. The number of methoxy groups -OCH3 is 1. The highest BCUT2D eigenvalue weighted by atomic mass is 127. The molecule has 2 N–H and O–H groups in total. The maximum absolute atomic E-state index is 5.63. The van der Waals surface area contributed by atoms with Crippen molar-refractivity contribution < 1.29 is 14.2 Å². The summed E-state index contributed by atoms with van der Waals surface area (Å²) < 4.78 is 16.0. The SMILES string of the molecule is CCNC(=NCc1cccnc1OCCOC)NCCCOCC.I. The van der Waals surface area contributed by atoms with Gasteiger partial charge in [0.2, 0.25) is 5.88 Å². The van der Waals surface area contributed by atoms with Crippen molar-refractivity contribution in [3.8, 4) is 5.88 Å². The Morgan fingerprint density at radius 3 is 2.76 bits per heavy atom. The number of halogens is 1. The van der Waals surface area contributed by atoms with Crippen LogP contribution in [-0.2, 0) is 16.0 Å². The molecule has 0 aliphatic rings. The van der Waals surface area contributed by atoms with Crippen LogP contribution in [0.25, 0.3) is 0 Å². The number of aliphatic imine (C=N–C) groups is 1. The summed E-state index contributed by atoms with van der Waals surface area (Å²) in [6.07, 6.45) is 2.66. The third-order valence-electron chi connectivity index (χ3n) is 3.09. The Morgan fingerprint density at radius 2 is 2.04 bits per heavy atom. The average molecular weight is 466 g/mol. The zero-order valence-electron chi connectivity index (χ0n) is 15.4. The van der Waals surface area contributed by atoms with Gasteiger partial charge >= 0.3 is 0 Å². The van der Waals surface area contributed by atoms with Crippen molar-refractivity contribution in [3.63, 3.8) is 0 Å². The molecule has 0 saturated heterocycles. The Labute approximate surface area is 168 Å². The summed E-state index contributed by atoms with van der Waals surface area (Å²) >= 11 is 0. The highest BCUT2D eigenvalue weighted by Crippen LogP contribution is 2.15. The monoisotopic (exact) mass is 466 g/mol. The molecular formula is C17H31IN4O3. The van der Waals surface area contributed by atoms with Crippen LogP contribution in [0.2, 0.25) is 0 Å². The van der Waals surface area contributed by atoms with Gasteiger partial charge in [-0.15, -0.1) is 24.0 Å². The van der Waals surface area contributed by atoms with Gasteiger partial charge in [-0.1, -0.05) is 6.07 Å². The van der Waals surface area contributed by atoms with Crippen LogP contribution >= 0.6 is 24.0 Å². The molecule has 0 aliphatic heterocycles. The minimum atomic E-state index is 0. The van der Waals surface area contributed by atoms with E-state index in [1.165, 1.54) is 0 Å². The van der Waals surface area contributed by atoms with Crippen molar-refractivity contribution in [1.82, 2.24) is 15.6 Å². The molecule has 0 amide bonds. The average Bonchev–Trinajstić information content (AvgIpc) is 2.60. The van der Waals surface area contributed by atoms with E-state index in [0.29, 0.717) is 25.6 Å². The van der Waals surface area contributed by atoms with Crippen LogP contribution in [0.3, 0.4) is 0 Å². The lowest BCUT2D eigenvalue weighted by Gasteiger charge is -2.12. The lowest BCUT2D eigenvalue weighted by molar-refractivity contribution is 0.143. The third kappa shape index (κ3) is 11.2. The molecule has 7 nitrogen and oxygen atoms in total. The molecule has 0 spiro atoms. The van der Waals surface area contributed by atoms with Crippen molar-refractivity contribution >= 4 is 29.9 Å². The number of pyridine rings is 1. The van der Waals surface area contributed by atoms with E-state index in [9.17, 15) is 0 Å². The number of hydrogen-bond acceptors (Lipinski definition) is 5. The lowest BCUT2D eigenvalue weighted by Crippen LogP contribution is -2.38. The largest absolute Gasteiger partial charge is 0.475 e. The Bertz CT molecular complexity index is 475. The van der Waals surface area contributed by atoms with Crippen LogP contribution in [0.1, 0.15) is 25.8 Å². The molecular weight excluding hydrogens is 435 g/mol. The van der Waals surface area contributed by atoms with E-state index < -0.39 is 0 Å². The molecule has 0 unspecified atom stereocenters. The molecule has 0 aliphatic carbocycles. The number of nitrogens with zero attached hydrogens (tertiary/aromatic N) is 2. The van der Waals surface area contributed by atoms with Gasteiger partial charge in [0.1, 0.15) is 6.61 Å². The summed E-state index contributed by atoms with van der Waals surface area (Å²) in [5.74, 6) is 1.38. The van der Waals surface area contributed by atoms with E-state index in [1.54, 1.807) is 13.3 Å². The first kappa shape index (κ1) is 23.9. The summed E-state index contributed by atoms with van der Waals surface area (Å²) in [4.78, 5) is 8.86. The Kier molecular flexibility index (Phi) is 15.6. The molecule has 0 fully saturated rings. The van der Waals surface area contributed by atoms with Crippen LogP contribution < -0.4 is 15.4 Å². The molecule has 0 atom stereocenters. The van der Waals surface area contributed by atoms with E-state index in [0.717, 1.165) is 44.2 Å². The summed E-state index contributed by atoms with van der Waals surface area (Å²) in [6.45, 7) is 8.67. The molecule has 1 rings (SSSR count). The zero-order valence-corrected chi connectivity index (χ0v) is 17.7. The third-order valence-corrected chi connectivity index (χ3v) is 3.09. The van der Waals surface area contributed by atoms with E-state index in [1.807, 2.05) is 26.0 Å². The van der Waals surface area contributed by atoms with Crippen LogP contribution in [0.5, 0.6) is 5.88 Å². The first-order valence-electron chi connectivity index (χ1n) is 8.47. The predicted octanol–water partition coefficient (Wildman–Crippen LogP) is 2.21. The fourth-order valence-electron chi connectivity index (χ4n) is 1.93. The number of nitrogens with one attached hydrogen (secondary N) is 2. The zero-order chi connectivity index (χ0) is 17.5. The van der Waals surface area contributed by atoms with Crippen molar-refractivity contribution in [1.29, 1.82) is 0 Å². The molecule has 8 heteroatoms. The van der Waals surface area contributed by atoms with Gasteiger partial charge in [0, 0.05) is 45.2 Å². The summed E-state index contributed by atoms with van der Waals surface area (Å²) in [5.41, 5.74) is 0.945. The number of aromatic nitrogens is 1. The Morgan fingerprint density at radius 1 is 1.20 bits per heavy atom. The van der Waals surface area contributed by atoms with Gasteiger partial charge in [-0.3, -0.25) is 0 Å². The summed E-state index contributed by atoms with van der Waals surface area (Å²) in [6, 6.07) is 3.85. The van der Waals surface area contributed by atoms with Gasteiger partial charge in [0.15, 0.2) is 5.96 Å². The van der Waals surface area contributed by atoms with Gasteiger partial charge in [-0.2, -0.15) is 0 Å². The fraction of sp³-hybridized carbons (Fsp3) is 0.647. The van der Waals surface area contributed by atoms with Gasteiger partial charge in [0.05, 0.1) is 13.2 Å². The quantitative estimate of drug-likeness (QED) is 0.213. The van der Waals surface area contributed by atoms with Gasteiger partial charge < -0.3 is 24.8 Å². The van der Waals surface area contributed by atoms with Crippen LogP contribution in [0.15, 0.2) is 23.3 Å². The first-order chi connectivity index (χ1) is 11.8. The molecule has 25 heavy (non-hydrogen) atoms. The molecule has 0 aromatic carbocycles. The van der Waals surface area contributed by atoms with E-state index in [2.05, 4.69) is 20.6 Å². The highest BCUT2D eigenvalue weighted by Gasteiger charge is 2.05. The highest BCUT2D eigenvalue weighted by molar-refractivity contribution is 14.0. The van der Waals surface area contributed by atoms with Crippen molar-refractivity contribution in [3.05, 3.63) is 23.9 Å². The Hall–Kier alpha value is -1.13. The second-order valence-electron chi connectivity index (χ2n) is 4.98. The fourth-order valence-corrected chi connectivity index (χ4v) is 1.93. The minimum absolute atomic E-state index is 0. The maximum atomic E-state index is 5.63. The van der Waals surface area contributed by atoms with Crippen LogP contribution in [0, 0.1) is 0 Å². The molecule has 1 heterocycles. The van der Waals surface area contributed by atoms with E-state index in [-0.39, 0.29) is 24.0 Å². The van der Waals surface area contributed by atoms with Gasteiger partial charge in [-0.25, -0.2) is 9.98 Å². The molecule has 0 bridgehead atoms. The van der Waals surface area contributed by atoms with Crippen molar-refractivity contribution in [2.45, 2.75) is 26.8 Å². The van der Waals surface area contributed by atoms with Gasteiger partial charge in [0.25, 0.3) is 0 Å². The molecule has 1 aromatic heterocycles. The van der Waals surface area contributed by atoms with Crippen LogP contribution in [0.4, 0.5) is 0 Å². The maximum Gasteiger partial charge on any atom is 0.218 e. The number of ether oxygens (including phenoxy) is 3. The standard InChI is InChI=1S/C17H30N4O3.HI/c1-4-18-17(20-10-7-11-23-5-2)21-14-15-8-6-9-19-16(15)24-13-12-22-3;/h6,8-9H,4-5,7,10-14H2,1-3H3,(H2,18,20,21);1H. The minimum Gasteiger partial charge on any atom is -0.475 e. The molecule has 144 valence electrons. The normalized spacial score (nSPS) is 10.9. The summed E-state index contributed by atoms with van der Waals surface area (Å²) in [5, 5.41) is 6.53. The molecule has 0 saturated carbocycles. The number of hydrogen-bond donors (Lipinski definition) is 2.